The third kappa shape index (κ3) is 4.64. The lowest BCUT2D eigenvalue weighted by atomic mass is 10.0. The zero-order valence-electron chi connectivity index (χ0n) is 15.3. The molecule has 0 fully saturated rings. The number of nitrogens with one attached hydrogen (secondary N) is 1. The van der Waals surface area contributed by atoms with Crippen LogP contribution in [-0.2, 0) is 30.5 Å². The third-order valence-corrected chi connectivity index (χ3v) is 4.97. The van der Waals surface area contributed by atoms with Crippen LogP contribution in [0.3, 0.4) is 0 Å². The van der Waals surface area contributed by atoms with Crippen LogP contribution < -0.4 is 5.32 Å². The minimum atomic E-state index is -4.69. The highest BCUT2D eigenvalue weighted by Crippen LogP contribution is 2.35. The second-order valence-corrected chi connectivity index (χ2v) is 7.16. The number of nitrogens with zero attached hydrogens (tertiary/aromatic N) is 3. The Kier molecular flexibility index (Phi) is 5.74. The summed E-state index contributed by atoms with van der Waals surface area (Å²) in [4.78, 5) is 24.6. The number of aromatic nitrogens is 2. The van der Waals surface area contributed by atoms with E-state index in [0.717, 1.165) is 15.1 Å². The first-order chi connectivity index (χ1) is 13.6. The van der Waals surface area contributed by atoms with Crippen molar-refractivity contribution in [2.24, 2.45) is 0 Å². The van der Waals surface area contributed by atoms with Gasteiger partial charge in [0.2, 0.25) is 5.91 Å². The number of hydrogen-bond acceptors (Lipinski definition) is 3. The Morgan fingerprint density at radius 1 is 1.31 bits per heavy atom. The van der Waals surface area contributed by atoms with Gasteiger partial charge in [0, 0.05) is 17.1 Å². The molecule has 1 aliphatic rings. The lowest BCUT2D eigenvalue weighted by Gasteiger charge is -2.25. The zero-order valence-corrected chi connectivity index (χ0v) is 16.1. The van der Waals surface area contributed by atoms with Crippen molar-refractivity contribution in [3.8, 4) is 0 Å². The lowest BCUT2D eigenvalue weighted by molar-refractivity contribution is -0.142. The van der Waals surface area contributed by atoms with E-state index in [1.165, 1.54) is 0 Å². The molecule has 3 rings (SSSR count). The van der Waals surface area contributed by atoms with Gasteiger partial charge in [0.1, 0.15) is 6.54 Å². The monoisotopic (exact) mass is 430 g/mol. The molecule has 2 N–H and O–H groups in total. The van der Waals surface area contributed by atoms with Crippen molar-refractivity contribution in [3.63, 3.8) is 0 Å². The van der Waals surface area contributed by atoms with Gasteiger partial charge in [-0.15, -0.1) is 0 Å². The maximum atomic E-state index is 13.3. The molecule has 29 heavy (non-hydrogen) atoms. The molecule has 0 radical (unpaired) electrons. The van der Waals surface area contributed by atoms with Gasteiger partial charge in [0.15, 0.2) is 5.69 Å². The minimum absolute atomic E-state index is 0.0586. The summed E-state index contributed by atoms with van der Waals surface area (Å²) in [6.45, 7) is 0.960. The first-order valence-corrected chi connectivity index (χ1v) is 9.12. The van der Waals surface area contributed by atoms with Crippen LogP contribution in [0.25, 0.3) is 0 Å². The van der Waals surface area contributed by atoms with Crippen molar-refractivity contribution < 1.29 is 27.9 Å². The molecule has 2 heterocycles. The summed E-state index contributed by atoms with van der Waals surface area (Å²) in [5.41, 5.74) is -0.275. The Morgan fingerprint density at radius 3 is 2.55 bits per heavy atom. The van der Waals surface area contributed by atoms with Gasteiger partial charge in [-0.05, 0) is 31.0 Å². The predicted octanol–water partition coefficient (Wildman–Crippen LogP) is 3.47. The van der Waals surface area contributed by atoms with Gasteiger partial charge in [0.25, 0.3) is 0 Å². The van der Waals surface area contributed by atoms with Crippen molar-refractivity contribution in [3.05, 3.63) is 51.8 Å². The van der Waals surface area contributed by atoms with Gasteiger partial charge in [-0.1, -0.05) is 23.7 Å². The average molecular weight is 431 g/mol. The third-order valence-electron chi connectivity index (χ3n) is 4.72. The topological polar surface area (TPSA) is 87.5 Å². The van der Waals surface area contributed by atoms with E-state index in [2.05, 4.69) is 10.4 Å². The summed E-state index contributed by atoms with van der Waals surface area (Å²) in [7, 11) is 0. The molecular formula is C18H18ClF3N4O3. The van der Waals surface area contributed by atoms with Crippen molar-refractivity contribution in [2.75, 3.05) is 6.54 Å². The quantitative estimate of drug-likeness (QED) is 0.777. The normalized spacial score (nSPS) is 15.0. The Bertz CT molecular complexity index is 928. The van der Waals surface area contributed by atoms with Crippen LogP contribution in [0.1, 0.15) is 35.5 Å². The summed E-state index contributed by atoms with van der Waals surface area (Å²) in [6.07, 6.45) is -6.04. The molecule has 1 unspecified atom stereocenters. The molecule has 2 aromatic rings. The van der Waals surface area contributed by atoms with Gasteiger partial charge in [-0.2, -0.15) is 18.3 Å². The first kappa shape index (κ1) is 21.0. The lowest BCUT2D eigenvalue weighted by Crippen LogP contribution is -2.37. The fourth-order valence-electron chi connectivity index (χ4n) is 3.26. The molecule has 1 aromatic heterocycles. The number of fused-ring (bicyclic) bond motifs is 1. The number of benzene rings is 1. The minimum Gasteiger partial charge on any atom is -0.465 e. The van der Waals surface area contributed by atoms with E-state index >= 15 is 0 Å². The van der Waals surface area contributed by atoms with Gasteiger partial charge < -0.3 is 15.3 Å². The van der Waals surface area contributed by atoms with Gasteiger partial charge in [-0.3, -0.25) is 9.48 Å². The molecule has 156 valence electrons. The molecule has 0 bridgehead atoms. The highest BCUT2D eigenvalue weighted by atomic mass is 35.5. The molecule has 0 saturated carbocycles. The van der Waals surface area contributed by atoms with Gasteiger partial charge in [-0.25, -0.2) is 4.79 Å². The summed E-state index contributed by atoms with van der Waals surface area (Å²) < 4.78 is 40.9. The molecule has 1 aliphatic heterocycles. The van der Waals surface area contributed by atoms with Crippen LogP contribution in [0.4, 0.5) is 18.0 Å². The van der Waals surface area contributed by atoms with Crippen LogP contribution >= 0.6 is 11.6 Å². The number of alkyl halides is 3. The molecule has 1 aromatic carbocycles. The summed E-state index contributed by atoms with van der Waals surface area (Å²) in [6, 6.07) is 6.40. The van der Waals surface area contributed by atoms with Crippen molar-refractivity contribution >= 4 is 23.6 Å². The largest absolute Gasteiger partial charge is 0.465 e. The maximum Gasteiger partial charge on any atom is 0.435 e. The maximum absolute atomic E-state index is 13.3. The molecule has 1 atom stereocenters. The van der Waals surface area contributed by atoms with Crippen LogP contribution in [0.2, 0.25) is 5.02 Å². The SMILES string of the molecule is CC(NC(=O)Cn1nc(C(F)(F)F)c2c1CN(C(=O)O)CC2)c1ccc(Cl)cc1. The highest BCUT2D eigenvalue weighted by Gasteiger charge is 2.41. The van der Waals surface area contributed by atoms with E-state index in [-0.39, 0.29) is 30.8 Å². The van der Waals surface area contributed by atoms with Crippen molar-refractivity contribution in [1.29, 1.82) is 0 Å². The highest BCUT2D eigenvalue weighted by molar-refractivity contribution is 6.30. The summed E-state index contributed by atoms with van der Waals surface area (Å²) in [5, 5.41) is 16.0. The van der Waals surface area contributed by atoms with E-state index in [4.69, 9.17) is 16.7 Å². The van der Waals surface area contributed by atoms with E-state index in [0.29, 0.717) is 5.02 Å². The number of carboxylic acid groups (broad SMARTS) is 1. The smallest absolute Gasteiger partial charge is 0.435 e. The number of hydrogen-bond donors (Lipinski definition) is 2. The second-order valence-electron chi connectivity index (χ2n) is 6.72. The second kappa shape index (κ2) is 7.94. The predicted molar refractivity (Wildman–Crippen MR) is 97.4 cm³/mol. The molecular weight excluding hydrogens is 413 g/mol. The number of amides is 2. The molecule has 11 heteroatoms. The van der Waals surface area contributed by atoms with E-state index in [1.807, 2.05) is 0 Å². The Hall–Kier alpha value is -2.75. The summed E-state index contributed by atoms with van der Waals surface area (Å²) in [5.74, 6) is -0.543. The molecule has 0 aliphatic carbocycles. The number of rotatable bonds is 4. The van der Waals surface area contributed by atoms with E-state index in [9.17, 15) is 22.8 Å². The Balaban J connectivity index is 1.81. The fraction of sp³-hybridized carbons (Fsp3) is 0.389. The zero-order chi connectivity index (χ0) is 21.3. The molecule has 7 nitrogen and oxygen atoms in total. The van der Waals surface area contributed by atoms with E-state index in [1.54, 1.807) is 31.2 Å². The van der Waals surface area contributed by atoms with Crippen LogP contribution in [0, 0.1) is 0 Å². The number of carbonyl (C=O) groups is 2. The Morgan fingerprint density at radius 2 is 1.97 bits per heavy atom. The average Bonchev–Trinajstić information content (AvgIpc) is 3.00. The van der Waals surface area contributed by atoms with E-state index < -0.39 is 36.5 Å². The van der Waals surface area contributed by atoms with Crippen LogP contribution in [-0.4, -0.2) is 38.3 Å². The Labute approximate surface area is 169 Å². The van der Waals surface area contributed by atoms with Crippen molar-refractivity contribution in [2.45, 2.75) is 38.7 Å². The molecule has 0 saturated heterocycles. The molecule has 2 amide bonds. The standard InChI is InChI=1S/C18H18ClF3N4O3/c1-10(11-2-4-12(19)5-3-11)23-15(27)9-26-14-8-25(17(28)29)7-6-13(14)16(24-26)18(20,21)22/h2-5,10H,6-9H2,1H3,(H,23,27)(H,28,29). The summed E-state index contributed by atoms with van der Waals surface area (Å²) >= 11 is 5.83. The van der Waals surface area contributed by atoms with Gasteiger partial charge in [0.05, 0.1) is 18.3 Å². The van der Waals surface area contributed by atoms with Crippen LogP contribution in [0.5, 0.6) is 0 Å². The van der Waals surface area contributed by atoms with Gasteiger partial charge >= 0.3 is 12.3 Å². The number of halogens is 4. The van der Waals surface area contributed by atoms with Crippen LogP contribution in [0.15, 0.2) is 24.3 Å². The number of carbonyl (C=O) groups excluding carboxylic acids is 1. The van der Waals surface area contributed by atoms with Crippen molar-refractivity contribution in [1.82, 2.24) is 20.0 Å². The molecule has 0 spiro atoms. The fourth-order valence-corrected chi connectivity index (χ4v) is 3.39. The first-order valence-electron chi connectivity index (χ1n) is 8.74.